The van der Waals surface area contributed by atoms with E-state index in [1.165, 1.54) is 36.4 Å². The first-order valence-electron chi connectivity index (χ1n) is 19.6. The number of carbonyl (C=O) groups excluding carboxylic acids is 4. The Balaban J connectivity index is 0.000000240. The van der Waals surface area contributed by atoms with Gasteiger partial charge in [-0.1, -0.05) is 87.1 Å². The number of rotatable bonds is 10. The summed E-state index contributed by atoms with van der Waals surface area (Å²) in [4.78, 5) is 48.5. The number of hydrogen-bond donors (Lipinski definition) is 4. The summed E-state index contributed by atoms with van der Waals surface area (Å²) in [6, 6.07) is 12.7. The molecule has 0 heterocycles. The van der Waals surface area contributed by atoms with Crippen molar-refractivity contribution in [1.82, 2.24) is 0 Å². The maximum absolute atomic E-state index is 13.4. The van der Waals surface area contributed by atoms with Gasteiger partial charge in [0.1, 0.15) is 30.0 Å². The Labute approximate surface area is 424 Å². The van der Waals surface area contributed by atoms with Crippen LogP contribution in [0.3, 0.4) is 0 Å². The summed E-state index contributed by atoms with van der Waals surface area (Å²) in [6.45, 7) is 0. The van der Waals surface area contributed by atoms with Crippen molar-refractivity contribution in [3.63, 3.8) is 0 Å². The molecule has 8 rings (SSSR count). The Morgan fingerprint density at radius 1 is 0.470 bits per heavy atom. The molecule has 0 atom stereocenters. The fraction of sp³-hybridized carbons (Fsp3) is 0.300. The molecule has 0 amide bonds. The molecule has 26 heteroatoms. The van der Waals surface area contributed by atoms with Crippen molar-refractivity contribution in [2.75, 3.05) is 10.6 Å². The molecule has 6 N–H and O–H groups in total. The molecule has 4 aromatic carbocycles. The zero-order valence-corrected chi connectivity index (χ0v) is 42.6. The molecule has 340 valence electrons. The van der Waals surface area contributed by atoms with Gasteiger partial charge in [0, 0.05) is 45.7 Å². The molecular formula is C40H38N4Na2O16S4. The van der Waals surface area contributed by atoms with Crippen LogP contribution < -0.4 is 81.5 Å². The first kappa shape index (κ1) is 53.7. The molecule has 0 aromatic heterocycles. The Bertz CT molecular complexity index is 2910. The molecule has 4 aliphatic rings. The van der Waals surface area contributed by atoms with E-state index in [1.807, 2.05) is 0 Å². The fourth-order valence-corrected chi connectivity index (χ4v) is 12.7. The third-order valence-corrected chi connectivity index (χ3v) is 15.8. The summed E-state index contributed by atoms with van der Waals surface area (Å²) in [5.41, 5.74) is -2.51. The van der Waals surface area contributed by atoms with E-state index < -0.39 is 94.3 Å². The minimum absolute atomic E-state index is 0. The van der Waals surface area contributed by atoms with Gasteiger partial charge in [0.15, 0.2) is 23.1 Å². The smallest absolute Gasteiger partial charge is 0.744 e. The SMILES string of the molecule is NOS(=O)(=O)c1c(S(=O)(=O)[O-])cc(NC2CCCCC2)c2c1C(=O)c1ccccc1C2=O.NOS(=O)(=O)c1c(S(=O)(=O)[O-])cc(NC2CCCCC2)c2c1C(=O)c1ccccc1C2=O.[Na+].[Na+]. The van der Waals surface area contributed by atoms with Gasteiger partial charge in [0.05, 0.1) is 32.0 Å². The van der Waals surface area contributed by atoms with Crippen molar-refractivity contribution in [2.24, 2.45) is 11.8 Å². The molecule has 66 heavy (non-hydrogen) atoms. The van der Waals surface area contributed by atoms with E-state index in [1.54, 1.807) is 12.1 Å². The molecule has 0 spiro atoms. The largest absolute Gasteiger partial charge is 1.00 e. The van der Waals surface area contributed by atoms with Gasteiger partial charge in [-0.3, -0.25) is 19.2 Å². The van der Waals surface area contributed by atoms with Crippen molar-refractivity contribution >= 4 is 75.0 Å². The Kier molecular flexibility index (Phi) is 16.9. The minimum Gasteiger partial charge on any atom is -0.744 e. The van der Waals surface area contributed by atoms with Gasteiger partial charge in [0.25, 0.3) is 0 Å². The molecular weight excluding hydrogens is 967 g/mol. The molecule has 0 bridgehead atoms. The second kappa shape index (κ2) is 20.8. The zero-order chi connectivity index (χ0) is 46.5. The van der Waals surface area contributed by atoms with Crippen molar-refractivity contribution < 1.29 is 130 Å². The number of hydrogen-bond acceptors (Lipinski definition) is 20. The molecule has 20 nitrogen and oxygen atoms in total. The van der Waals surface area contributed by atoms with E-state index in [0.717, 1.165) is 76.3 Å². The van der Waals surface area contributed by atoms with Crippen LogP contribution >= 0.6 is 0 Å². The van der Waals surface area contributed by atoms with E-state index in [0.29, 0.717) is 0 Å². The predicted octanol–water partition coefficient (Wildman–Crippen LogP) is -2.61. The summed E-state index contributed by atoms with van der Waals surface area (Å²) in [5, 5.41) is 6.11. The third kappa shape index (κ3) is 10.3. The normalized spacial score (nSPS) is 16.5. The van der Waals surface area contributed by atoms with Crippen LogP contribution in [0.15, 0.2) is 80.2 Å². The number of benzene rings is 4. The third-order valence-electron chi connectivity index (χ3n) is 11.5. The quantitative estimate of drug-likeness (QED) is 0.0620. The number of anilines is 2. The van der Waals surface area contributed by atoms with Gasteiger partial charge in [-0.05, 0) is 37.8 Å². The van der Waals surface area contributed by atoms with Crippen LogP contribution in [0.4, 0.5) is 11.4 Å². The molecule has 4 aromatic rings. The summed E-state index contributed by atoms with van der Waals surface area (Å²) in [7, 11) is -20.9. The van der Waals surface area contributed by atoms with Gasteiger partial charge in [-0.25, -0.2) is 16.8 Å². The van der Waals surface area contributed by atoms with Crippen molar-refractivity contribution in [3.8, 4) is 0 Å². The van der Waals surface area contributed by atoms with E-state index in [9.17, 15) is 62.0 Å². The first-order valence-corrected chi connectivity index (χ1v) is 25.3. The number of nitrogens with one attached hydrogen (secondary N) is 2. The van der Waals surface area contributed by atoms with Crippen molar-refractivity contribution in [1.29, 1.82) is 0 Å². The number of nitrogens with two attached hydrogens (primary N) is 2. The maximum atomic E-state index is 13.4. The van der Waals surface area contributed by atoms with E-state index >= 15 is 0 Å². The van der Waals surface area contributed by atoms with Crippen LogP contribution in [-0.4, -0.2) is 78.0 Å². The van der Waals surface area contributed by atoms with Crippen LogP contribution in [-0.2, 0) is 49.0 Å². The topological polar surface area (TPSA) is 346 Å². The second-order valence-corrected chi connectivity index (χ2v) is 21.1. The van der Waals surface area contributed by atoms with Gasteiger partial charge in [-0.15, -0.1) is 0 Å². The van der Waals surface area contributed by atoms with Crippen molar-refractivity contribution in [2.45, 2.75) is 95.9 Å². The van der Waals surface area contributed by atoms with E-state index in [-0.39, 0.29) is 116 Å². The Hall–Kier alpha value is -3.28. The second-order valence-electron chi connectivity index (χ2n) is 15.4. The van der Waals surface area contributed by atoms with Crippen molar-refractivity contribution in [3.05, 3.63) is 105 Å². The van der Waals surface area contributed by atoms with Gasteiger partial charge >= 0.3 is 79.4 Å². The summed E-state index contributed by atoms with van der Waals surface area (Å²) < 4.78 is 130. The molecule has 0 radical (unpaired) electrons. The van der Waals surface area contributed by atoms with Crippen LogP contribution in [0.25, 0.3) is 0 Å². The summed E-state index contributed by atoms with van der Waals surface area (Å²) in [6.07, 6.45) is 8.52. The van der Waals surface area contributed by atoms with Crippen LogP contribution in [0.2, 0.25) is 0 Å². The fourth-order valence-electron chi connectivity index (χ4n) is 8.61. The average molecular weight is 1010 g/mol. The molecule has 4 aliphatic carbocycles. The summed E-state index contributed by atoms with van der Waals surface area (Å²) >= 11 is 0. The van der Waals surface area contributed by atoms with Crippen LogP contribution in [0, 0.1) is 0 Å². The van der Waals surface area contributed by atoms with Gasteiger partial charge in [0.2, 0.25) is 0 Å². The van der Waals surface area contributed by atoms with E-state index in [4.69, 9.17) is 11.8 Å². The summed E-state index contributed by atoms with van der Waals surface area (Å²) in [5.74, 6) is 6.48. The molecule has 0 saturated heterocycles. The average Bonchev–Trinajstić information content (AvgIpc) is 3.26. The number of fused-ring (bicyclic) bond motifs is 4. The van der Waals surface area contributed by atoms with E-state index in [2.05, 4.69) is 19.2 Å². The monoisotopic (exact) mass is 1000 g/mol. The van der Waals surface area contributed by atoms with Crippen LogP contribution in [0.1, 0.15) is 128 Å². The Morgan fingerprint density at radius 2 is 0.742 bits per heavy atom. The molecule has 0 unspecified atom stereocenters. The zero-order valence-electron chi connectivity index (χ0n) is 35.3. The Morgan fingerprint density at radius 3 is 1.00 bits per heavy atom. The molecule has 2 saturated carbocycles. The predicted molar refractivity (Wildman–Crippen MR) is 221 cm³/mol. The molecule has 0 aliphatic heterocycles. The maximum Gasteiger partial charge on any atom is 1.00 e. The van der Waals surface area contributed by atoms with Gasteiger partial charge in [-0.2, -0.15) is 37.2 Å². The minimum atomic E-state index is -5.41. The number of carbonyl (C=O) groups is 4. The standard InChI is InChI=1S/2C20H20N2O8S2.2Na/c2*21-30-32(28,29)20-15(31(25,26)27)10-14(22-11-6-2-1-3-7-11)16-17(20)19(24)13-9-5-4-8-12(13)18(16)23;;/h2*4-5,8-11,22H,1-3,6-7,21H2,(H,25,26,27);;/q;;2*+1/p-2. The van der Waals surface area contributed by atoms with Crippen LogP contribution in [0.5, 0.6) is 0 Å². The molecule has 2 fully saturated rings. The first-order chi connectivity index (χ1) is 30.1. The number of ketones is 4. The van der Waals surface area contributed by atoms with Gasteiger partial charge < -0.3 is 19.7 Å².